The van der Waals surface area contributed by atoms with Gasteiger partial charge in [-0.2, -0.15) is 0 Å². The number of furan rings is 1. The summed E-state index contributed by atoms with van der Waals surface area (Å²) in [6.07, 6.45) is 0. The summed E-state index contributed by atoms with van der Waals surface area (Å²) in [5.74, 6) is 0.795. The van der Waals surface area contributed by atoms with Crippen LogP contribution in [0, 0.1) is 0 Å². The molecule has 2 heterocycles. The van der Waals surface area contributed by atoms with Crippen LogP contribution in [0.2, 0.25) is 0 Å². The predicted molar refractivity (Wildman–Crippen MR) is 91.8 cm³/mol. The van der Waals surface area contributed by atoms with Crippen molar-refractivity contribution in [2.24, 2.45) is 5.73 Å². The van der Waals surface area contributed by atoms with Crippen LogP contribution in [-0.4, -0.2) is 0 Å². The average molecular weight is 358 g/mol. The third-order valence-electron chi connectivity index (χ3n) is 3.57. The van der Waals surface area contributed by atoms with Crippen LogP contribution in [0.25, 0.3) is 21.1 Å². The molecule has 0 saturated carbocycles. The molecule has 2 N–H and O–H groups in total. The highest BCUT2D eigenvalue weighted by Crippen LogP contribution is 2.35. The highest BCUT2D eigenvalue weighted by Gasteiger charge is 2.17. The van der Waals surface area contributed by atoms with Crippen molar-refractivity contribution in [3.8, 4) is 0 Å². The third-order valence-corrected chi connectivity index (χ3v) is 5.40. The van der Waals surface area contributed by atoms with E-state index in [9.17, 15) is 0 Å². The fourth-order valence-electron chi connectivity index (χ4n) is 2.50. The van der Waals surface area contributed by atoms with E-state index in [1.54, 1.807) is 11.3 Å². The van der Waals surface area contributed by atoms with E-state index in [2.05, 4.69) is 34.1 Å². The molecule has 0 bridgehead atoms. The number of halogens is 1. The molecular weight excluding hydrogens is 346 g/mol. The summed E-state index contributed by atoms with van der Waals surface area (Å²) in [4.78, 5) is 1.12. The first-order valence-corrected chi connectivity index (χ1v) is 8.25. The highest BCUT2D eigenvalue weighted by molar-refractivity contribution is 9.10. The Bertz CT molecular complexity index is 907. The minimum Gasteiger partial charge on any atom is -0.458 e. The molecule has 0 fully saturated rings. The zero-order valence-corrected chi connectivity index (χ0v) is 13.4. The minimum absolute atomic E-state index is 0.235. The smallest absolute Gasteiger partial charge is 0.148 e. The maximum absolute atomic E-state index is 6.40. The van der Waals surface area contributed by atoms with Crippen molar-refractivity contribution in [1.82, 2.24) is 0 Å². The number of nitrogens with two attached hydrogens (primary N) is 1. The zero-order chi connectivity index (χ0) is 14.4. The van der Waals surface area contributed by atoms with Crippen LogP contribution in [0.5, 0.6) is 0 Å². The van der Waals surface area contributed by atoms with E-state index in [1.165, 1.54) is 10.1 Å². The van der Waals surface area contributed by atoms with Gasteiger partial charge in [-0.3, -0.25) is 0 Å². The quantitative estimate of drug-likeness (QED) is 0.517. The SMILES string of the molecule is NC(c1cc2cccc(Br)c2o1)c1cc2ccccc2s1. The summed E-state index contributed by atoms with van der Waals surface area (Å²) in [6.45, 7) is 0. The van der Waals surface area contributed by atoms with Gasteiger partial charge < -0.3 is 10.2 Å². The number of para-hydroxylation sites is 1. The molecule has 0 aliphatic heterocycles. The second kappa shape index (κ2) is 4.98. The van der Waals surface area contributed by atoms with Gasteiger partial charge in [-0.05, 0) is 45.6 Å². The lowest BCUT2D eigenvalue weighted by atomic mass is 10.1. The third kappa shape index (κ3) is 2.20. The van der Waals surface area contributed by atoms with Gasteiger partial charge in [0, 0.05) is 15.0 Å². The summed E-state index contributed by atoms with van der Waals surface area (Å²) in [5.41, 5.74) is 7.25. The van der Waals surface area contributed by atoms with Crippen molar-refractivity contribution in [3.05, 3.63) is 69.7 Å². The van der Waals surface area contributed by atoms with Crippen LogP contribution in [0.1, 0.15) is 16.7 Å². The second-order valence-corrected chi connectivity index (χ2v) is 6.94. The van der Waals surface area contributed by atoms with Gasteiger partial charge in [0.05, 0.1) is 10.5 Å². The van der Waals surface area contributed by atoms with E-state index in [4.69, 9.17) is 10.2 Å². The van der Waals surface area contributed by atoms with Gasteiger partial charge in [-0.1, -0.05) is 30.3 Å². The minimum atomic E-state index is -0.235. The molecule has 1 atom stereocenters. The van der Waals surface area contributed by atoms with Crippen molar-refractivity contribution >= 4 is 48.3 Å². The summed E-state index contributed by atoms with van der Waals surface area (Å²) in [7, 11) is 0. The van der Waals surface area contributed by atoms with Crippen molar-refractivity contribution < 1.29 is 4.42 Å². The molecule has 4 rings (SSSR count). The van der Waals surface area contributed by atoms with E-state index < -0.39 is 0 Å². The maximum atomic E-state index is 6.40. The number of benzene rings is 2. The van der Waals surface area contributed by atoms with E-state index in [0.29, 0.717) is 0 Å². The van der Waals surface area contributed by atoms with E-state index in [1.807, 2.05) is 36.4 Å². The van der Waals surface area contributed by atoms with Crippen LogP contribution in [0.3, 0.4) is 0 Å². The number of hydrogen-bond acceptors (Lipinski definition) is 3. The Labute approximate surface area is 134 Å². The van der Waals surface area contributed by atoms with Gasteiger partial charge in [0.25, 0.3) is 0 Å². The van der Waals surface area contributed by atoms with Crippen molar-refractivity contribution in [1.29, 1.82) is 0 Å². The van der Waals surface area contributed by atoms with Crippen LogP contribution in [-0.2, 0) is 0 Å². The largest absolute Gasteiger partial charge is 0.458 e. The lowest BCUT2D eigenvalue weighted by Gasteiger charge is -2.04. The summed E-state index contributed by atoms with van der Waals surface area (Å²) in [6, 6.07) is 18.3. The number of fused-ring (bicyclic) bond motifs is 2. The lowest BCUT2D eigenvalue weighted by molar-refractivity contribution is 0.526. The normalized spacial score (nSPS) is 13.0. The Morgan fingerprint density at radius 2 is 1.81 bits per heavy atom. The summed E-state index contributed by atoms with van der Waals surface area (Å²) < 4.78 is 8.15. The molecule has 0 spiro atoms. The van der Waals surface area contributed by atoms with Crippen LogP contribution in [0.15, 0.2) is 63.5 Å². The van der Waals surface area contributed by atoms with Gasteiger partial charge >= 0.3 is 0 Å². The molecule has 0 amide bonds. The number of hydrogen-bond donors (Lipinski definition) is 1. The molecule has 4 aromatic rings. The predicted octanol–water partition coefficient (Wildman–Crippen LogP) is 5.46. The summed E-state index contributed by atoms with van der Waals surface area (Å²) >= 11 is 5.23. The lowest BCUT2D eigenvalue weighted by Crippen LogP contribution is -2.08. The Kier molecular flexibility index (Phi) is 3.10. The van der Waals surface area contributed by atoms with E-state index in [-0.39, 0.29) is 6.04 Å². The molecule has 104 valence electrons. The first-order chi connectivity index (χ1) is 10.2. The molecule has 21 heavy (non-hydrogen) atoms. The average Bonchev–Trinajstić information content (AvgIpc) is 3.11. The molecule has 2 aromatic carbocycles. The van der Waals surface area contributed by atoms with Gasteiger partial charge in [0.1, 0.15) is 11.3 Å². The Hall–Kier alpha value is -1.62. The summed E-state index contributed by atoms with van der Waals surface area (Å²) in [5, 5.41) is 2.29. The van der Waals surface area contributed by atoms with Gasteiger partial charge in [-0.25, -0.2) is 0 Å². The first-order valence-electron chi connectivity index (χ1n) is 6.64. The van der Waals surface area contributed by atoms with Crippen LogP contribution in [0.4, 0.5) is 0 Å². The van der Waals surface area contributed by atoms with Crippen molar-refractivity contribution in [2.75, 3.05) is 0 Å². The van der Waals surface area contributed by atoms with Gasteiger partial charge in [0.15, 0.2) is 0 Å². The molecule has 2 aromatic heterocycles. The molecule has 0 radical (unpaired) electrons. The van der Waals surface area contributed by atoms with Crippen LogP contribution >= 0.6 is 27.3 Å². The van der Waals surface area contributed by atoms with Gasteiger partial charge in [-0.15, -0.1) is 11.3 Å². The topological polar surface area (TPSA) is 39.2 Å². The fourth-order valence-corrected chi connectivity index (χ4v) is 4.03. The monoisotopic (exact) mass is 357 g/mol. The fraction of sp³-hybridized carbons (Fsp3) is 0.0588. The van der Waals surface area contributed by atoms with Gasteiger partial charge in [0.2, 0.25) is 0 Å². The molecule has 2 nitrogen and oxygen atoms in total. The Balaban J connectivity index is 1.81. The number of rotatable bonds is 2. The van der Waals surface area contributed by atoms with Crippen molar-refractivity contribution in [2.45, 2.75) is 6.04 Å². The van der Waals surface area contributed by atoms with E-state index >= 15 is 0 Å². The molecule has 1 unspecified atom stereocenters. The molecule has 0 aliphatic rings. The van der Waals surface area contributed by atoms with Crippen LogP contribution < -0.4 is 5.73 Å². The molecule has 0 aliphatic carbocycles. The standard InChI is InChI=1S/C17H12BrNOS/c18-12-6-3-5-11-8-13(20-17(11)12)16(19)15-9-10-4-1-2-7-14(10)21-15/h1-9,16H,19H2. The molecule has 4 heteroatoms. The number of thiophene rings is 1. The highest BCUT2D eigenvalue weighted by atomic mass is 79.9. The Morgan fingerprint density at radius 1 is 1.00 bits per heavy atom. The van der Waals surface area contributed by atoms with Crippen molar-refractivity contribution in [3.63, 3.8) is 0 Å². The Morgan fingerprint density at radius 3 is 2.62 bits per heavy atom. The maximum Gasteiger partial charge on any atom is 0.148 e. The molecular formula is C17H12BrNOS. The molecule has 0 saturated heterocycles. The second-order valence-electron chi connectivity index (χ2n) is 4.97. The first kappa shape index (κ1) is 13.1. The van der Waals surface area contributed by atoms with E-state index in [0.717, 1.165) is 26.1 Å². The zero-order valence-electron chi connectivity index (χ0n) is 11.0.